The number of hydrogen-bond donors (Lipinski definition) is 2. The Kier molecular flexibility index (Phi) is 5.46. The third kappa shape index (κ3) is 4.25. The molecule has 1 aromatic rings. The van der Waals surface area contributed by atoms with Gasteiger partial charge in [-0.15, -0.1) is 0 Å². The van der Waals surface area contributed by atoms with Gasteiger partial charge in [0.05, 0.1) is 11.5 Å². The first-order valence-electron chi connectivity index (χ1n) is 7.42. The highest BCUT2D eigenvalue weighted by Crippen LogP contribution is 2.26. The zero-order valence-electron chi connectivity index (χ0n) is 12.6. The van der Waals surface area contributed by atoms with E-state index in [9.17, 15) is 14.9 Å². The van der Waals surface area contributed by atoms with Crippen LogP contribution in [0.15, 0.2) is 24.3 Å². The fraction of sp³-hybridized carbons (Fsp3) is 0.533. The number of nitrogens with one attached hydrogen (secondary N) is 1. The van der Waals surface area contributed by atoms with Crippen LogP contribution >= 0.6 is 0 Å². The molecule has 0 unspecified atom stereocenters. The van der Waals surface area contributed by atoms with E-state index >= 15 is 0 Å². The lowest BCUT2D eigenvalue weighted by atomic mass is 9.85. The van der Waals surface area contributed by atoms with E-state index in [2.05, 4.69) is 5.32 Å². The van der Waals surface area contributed by atoms with E-state index in [1.165, 1.54) is 12.1 Å². The highest BCUT2D eigenvalue weighted by molar-refractivity contribution is 5.69. The maximum Gasteiger partial charge on any atom is 0.317 e. The van der Waals surface area contributed by atoms with Crippen molar-refractivity contribution in [2.45, 2.75) is 38.4 Å². The van der Waals surface area contributed by atoms with Crippen LogP contribution < -0.4 is 5.32 Å². The molecule has 0 amide bonds. The van der Waals surface area contributed by atoms with Gasteiger partial charge in [0.1, 0.15) is 0 Å². The molecule has 0 saturated heterocycles. The molecule has 0 heterocycles. The normalized spacial score (nSPS) is 20.6. The fourth-order valence-corrected chi connectivity index (χ4v) is 2.72. The van der Waals surface area contributed by atoms with Crippen molar-refractivity contribution in [3.05, 3.63) is 39.9 Å². The van der Waals surface area contributed by atoms with E-state index in [0.29, 0.717) is 18.6 Å². The molecule has 1 fully saturated rings. The second kappa shape index (κ2) is 7.33. The quantitative estimate of drug-likeness (QED) is 0.560. The topological polar surface area (TPSA) is 95.7 Å². The first kappa shape index (κ1) is 16.4. The van der Waals surface area contributed by atoms with Gasteiger partial charge in [0, 0.05) is 30.8 Å². The first-order chi connectivity index (χ1) is 10.5. The van der Waals surface area contributed by atoms with E-state index in [1.807, 2.05) is 11.8 Å². The lowest BCUT2D eigenvalue weighted by Gasteiger charge is -2.42. The number of nitro groups is 1. The molecule has 1 aliphatic carbocycles. The zero-order valence-corrected chi connectivity index (χ0v) is 12.6. The predicted octanol–water partition coefficient (Wildman–Crippen LogP) is 1.62. The molecular formula is C15H21N3O4. The van der Waals surface area contributed by atoms with Gasteiger partial charge in [-0.05, 0) is 24.9 Å². The molecule has 0 aromatic heterocycles. The van der Waals surface area contributed by atoms with Gasteiger partial charge in [-0.1, -0.05) is 19.1 Å². The Hall–Kier alpha value is -1.99. The minimum atomic E-state index is -0.788. The van der Waals surface area contributed by atoms with Crippen LogP contribution in [-0.4, -0.2) is 46.1 Å². The highest BCUT2D eigenvalue weighted by Gasteiger charge is 2.33. The number of likely N-dealkylation sites (N-methyl/N-ethyl adjacent to an activating group) is 1. The average molecular weight is 307 g/mol. The van der Waals surface area contributed by atoms with Crippen LogP contribution in [0.2, 0.25) is 0 Å². The summed E-state index contributed by atoms with van der Waals surface area (Å²) in [6.45, 7) is 3.48. The predicted molar refractivity (Wildman–Crippen MR) is 81.6 cm³/mol. The molecule has 1 aromatic carbocycles. The summed E-state index contributed by atoms with van der Waals surface area (Å²) in [7, 11) is 0. The van der Waals surface area contributed by atoms with Crippen molar-refractivity contribution < 1.29 is 14.8 Å². The molecule has 0 aliphatic heterocycles. The molecule has 120 valence electrons. The highest BCUT2D eigenvalue weighted by atomic mass is 16.6. The van der Waals surface area contributed by atoms with Gasteiger partial charge >= 0.3 is 5.97 Å². The van der Waals surface area contributed by atoms with Crippen LogP contribution in [0.5, 0.6) is 0 Å². The number of carboxylic acid groups (broad SMARTS) is 1. The number of nitro benzene ring substituents is 1. The van der Waals surface area contributed by atoms with Gasteiger partial charge in [-0.2, -0.15) is 0 Å². The second-order valence-electron chi connectivity index (χ2n) is 5.58. The summed E-state index contributed by atoms with van der Waals surface area (Å²) in [5.74, 6) is -0.788. The molecule has 7 nitrogen and oxygen atoms in total. The molecule has 1 aliphatic rings. The Morgan fingerprint density at radius 1 is 1.41 bits per heavy atom. The van der Waals surface area contributed by atoms with Crippen LogP contribution in [0.4, 0.5) is 5.69 Å². The first-order valence-corrected chi connectivity index (χ1v) is 7.42. The summed E-state index contributed by atoms with van der Waals surface area (Å²) >= 11 is 0. The number of rotatable bonds is 8. The zero-order chi connectivity index (χ0) is 16.1. The average Bonchev–Trinajstić information content (AvgIpc) is 2.44. The van der Waals surface area contributed by atoms with Crippen molar-refractivity contribution in [3.63, 3.8) is 0 Å². The third-order valence-corrected chi connectivity index (χ3v) is 4.12. The third-order valence-electron chi connectivity index (χ3n) is 4.12. The van der Waals surface area contributed by atoms with Crippen molar-refractivity contribution in [2.24, 2.45) is 0 Å². The van der Waals surface area contributed by atoms with E-state index in [-0.39, 0.29) is 12.2 Å². The number of benzene rings is 1. The Morgan fingerprint density at radius 2 is 2.05 bits per heavy atom. The summed E-state index contributed by atoms with van der Waals surface area (Å²) in [5.41, 5.74) is 1.10. The van der Waals surface area contributed by atoms with Crippen LogP contribution in [0.1, 0.15) is 25.3 Å². The Bertz CT molecular complexity index is 526. The van der Waals surface area contributed by atoms with Gasteiger partial charge < -0.3 is 10.4 Å². The number of carboxylic acids is 1. The summed E-state index contributed by atoms with van der Waals surface area (Å²) in [5, 5.41) is 22.8. The van der Waals surface area contributed by atoms with Gasteiger partial charge in [0.25, 0.3) is 5.69 Å². The minimum Gasteiger partial charge on any atom is -0.480 e. The molecule has 0 atom stereocenters. The summed E-state index contributed by atoms with van der Waals surface area (Å²) in [6.07, 6.45) is 1.88. The van der Waals surface area contributed by atoms with E-state index < -0.39 is 10.9 Å². The number of nitrogens with zero attached hydrogens (tertiary/aromatic N) is 2. The Balaban J connectivity index is 1.73. The molecule has 1 saturated carbocycles. The summed E-state index contributed by atoms with van der Waals surface area (Å²) < 4.78 is 0. The smallest absolute Gasteiger partial charge is 0.317 e. The van der Waals surface area contributed by atoms with Crippen molar-refractivity contribution in [1.29, 1.82) is 0 Å². The van der Waals surface area contributed by atoms with Gasteiger partial charge in [-0.3, -0.25) is 19.8 Å². The van der Waals surface area contributed by atoms with Crippen LogP contribution in [0.25, 0.3) is 0 Å². The molecule has 2 N–H and O–H groups in total. The SMILES string of the molecule is CCN(CC(=O)O)C1CC(NCc2ccc([N+](=O)[O-])cc2)C1. The molecular weight excluding hydrogens is 286 g/mol. The van der Waals surface area contributed by atoms with E-state index in [0.717, 1.165) is 24.9 Å². The lowest BCUT2D eigenvalue weighted by molar-refractivity contribution is -0.384. The molecule has 2 rings (SSSR count). The molecule has 0 radical (unpaired) electrons. The van der Waals surface area contributed by atoms with Gasteiger partial charge in [0.2, 0.25) is 0 Å². The minimum absolute atomic E-state index is 0.0935. The fourth-order valence-electron chi connectivity index (χ4n) is 2.72. The Labute approximate surface area is 129 Å². The van der Waals surface area contributed by atoms with E-state index in [1.54, 1.807) is 12.1 Å². The summed E-state index contributed by atoms with van der Waals surface area (Å²) in [6, 6.07) is 7.23. The maximum absolute atomic E-state index is 10.8. The lowest BCUT2D eigenvalue weighted by Crippen LogP contribution is -2.53. The molecule has 22 heavy (non-hydrogen) atoms. The molecule has 0 spiro atoms. The Morgan fingerprint density at radius 3 is 2.55 bits per heavy atom. The largest absolute Gasteiger partial charge is 0.480 e. The van der Waals surface area contributed by atoms with Crippen molar-refractivity contribution >= 4 is 11.7 Å². The van der Waals surface area contributed by atoms with E-state index in [4.69, 9.17) is 5.11 Å². The monoisotopic (exact) mass is 307 g/mol. The van der Waals surface area contributed by atoms with Crippen molar-refractivity contribution in [2.75, 3.05) is 13.1 Å². The van der Waals surface area contributed by atoms with Crippen molar-refractivity contribution in [1.82, 2.24) is 10.2 Å². The van der Waals surface area contributed by atoms with Crippen LogP contribution in [0.3, 0.4) is 0 Å². The number of non-ortho nitro benzene ring substituents is 1. The number of aliphatic carboxylic acids is 1. The van der Waals surface area contributed by atoms with Crippen LogP contribution in [0, 0.1) is 10.1 Å². The van der Waals surface area contributed by atoms with Crippen molar-refractivity contribution in [3.8, 4) is 0 Å². The molecule has 0 bridgehead atoms. The number of carbonyl (C=O) groups is 1. The van der Waals surface area contributed by atoms with Crippen LogP contribution in [-0.2, 0) is 11.3 Å². The summed E-state index contributed by atoms with van der Waals surface area (Å²) in [4.78, 5) is 22.9. The molecule has 7 heteroatoms. The van der Waals surface area contributed by atoms with Gasteiger partial charge in [-0.25, -0.2) is 0 Å². The maximum atomic E-state index is 10.8. The number of hydrogen-bond acceptors (Lipinski definition) is 5. The van der Waals surface area contributed by atoms with Gasteiger partial charge in [0.15, 0.2) is 0 Å². The second-order valence-corrected chi connectivity index (χ2v) is 5.58. The standard InChI is InChI=1S/C15H21N3O4/c1-2-17(10-15(19)20)14-7-12(8-14)16-9-11-3-5-13(6-4-11)18(21)22/h3-6,12,14,16H,2,7-10H2,1H3,(H,19,20).